The number of nitrogens with zero attached hydrogens (tertiary/aromatic N) is 5. The van der Waals surface area contributed by atoms with Gasteiger partial charge in [-0.15, -0.1) is 0 Å². The van der Waals surface area contributed by atoms with Crippen LogP contribution in [0.3, 0.4) is 0 Å². The van der Waals surface area contributed by atoms with E-state index in [0.29, 0.717) is 31.3 Å². The maximum absolute atomic E-state index is 12.5. The number of carbonyl (C=O) groups is 1. The van der Waals surface area contributed by atoms with Gasteiger partial charge in [-0.2, -0.15) is 10.1 Å². The van der Waals surface area contributed by atoms with Gasteiger partial charge in [0.05, 0.1) is 6.54 Å². The van der Waals surface area contributed by atoms with Crippen LogP contribution in [0.2, 0.25) is 0 Å². The Kier molecular flexibility index (Phi) is 5.85. The molecule has 142 valence electrons. The minimum atomic E-state index is -0.387. The molecule has 0 bridgehead atoms. The molecule has 27 heavy (non-hydrogen) atoms. The summed E-state index contributed by atoms with van der Waals surface area (Å²) in [6.45, 7) is 7.58. The first-order chi connectivity index (χ1) is 13.1. The molecular weight excluding hydrogens is 344 g/mol. The number of likely N-dealkylation sites (N-methyl/N-ethyl adjacent to an activating group) is 1. The summed E-state index contributed by atoms with van der Waals surface area (Å²) in [5, 5.41) is 11.1. The van der Waals surface area contributed by atoms with Crippen molar-refractivity contribution in [2.75, 3.05) is 13.1 Å². The third kappa shape index (κ3) is 4.72. The zero-order valence-corrected chi connectivity index (χ0v) is 15.8. The standard InChI is InChI=1S/C19H24N6O2/c1-4-24(11-12-25-10-6-9-20-25)19(26)21-15(3)18-22-17(23-27-18)16-8-5-7-14(2)13-16/h5-10,13,15H,4,11-12H2,1-3H3,(H,21,26)/t15-/m1/s1. The van der Waals surface area contributed by atoms with Crippen LogP contribution in [-0.2, 0) is 6.54 Å². The van der Waals surface area contributed by atoms with Crippen LogP contribution in [0.25, 0.3) is 11.4 Å². The molecule has 1 aromatic carbocycles. The topological polar surface area (TPSA) is 89.1 Å². The Bertz CT molecular complexity index is 874. The number of carbonyl (C=O) groups excluding carboxylic acids is 1. The highest BCUT2D eigenvalue weighted by atomic mass is 16.5. The molecule has 0 spiro atoms. The Balaban J connectivity index is 1.60. The van der Waals surface area contributed by atoms with Crippen LogP contribution in [0.15, 0.2) is 47.2 Å². The second-order valence-electron chi connectivity index (χ2n) is 6.35. The van der Waals surface area contributed by atoms with Crippen LogP contribution in [0.5, 0.6) is 0 Å². The minimum Gasteiger partial charge on any atom is -0.337 e. The SMILES string of the molecule is CCN(CCn1cccn1)C(=O)N[C@H](C)c1nc(-c2cccc(C)c2)no1. The van der Waals surface area contributed by atoms with Gasteiger partial charge in [-0.25, -0.2) is 4.79 Å². The summed E-state index contributed by atoms with van der Waals surface area (Å²) >= 11 is 0. The van der Waals surface area contributed by atoms with Gasteiger partial charge in [-0.3, -0.25) is 4.68 Å². The van der Waals surface area contributed by atoms with Crippen molar-refractivity contribution in [1.29, 1.82) is 0 Å². The van der Waals surface area contributed by atoms with Gasteiger partial charge in [0.15, 0.2) is 0 Å². The largest absolute Gasteiger partial charge is 0.337 e. The van der Waals surface area contributed by atoms with E-state index in [1.54, 1.807) is 15.8 Å². The Hall–Kier alpha value is -3.16. The number of benzene rings is 1. The second kappa shape index (κ2) is 8.48. The van der Waals surface area contributed by atoms with Gasteiger partial charge in [0.2, 0.25) is 11.7 Å². The second-order valence-corrected chi connectivity index (χ2v) is 6.35. The molecule has 0 aliphatic rings. The Morgan fingerprint density at radius 1 is 1.37 bits per heavy atom. The Morgan fingerprint density at radius 3 is 2.93 bits per heavy atom. The highest BCUT2D eigenvalue weighted by Gasteiger charge is 2.20. The zero-order valence-electron chi connectivity index (χ0n) is 15.8. The number of urea groups is 1. The number of amides is 2. The number of nitrogens with one attached hydrogen (secondary N) is 1. The fourth-order valence-corrected chi connectivity index (χ4v) is 2.71. The Labute approximate surface area is 158 Å². The van der Waals surface area contributed by atoms with Crippen molar-refractivity contribution in [2.45, 2.75) is 33.4 Å². The highest BCUT2D eigenvalue weighted by molar-refractivity contribution is 5.74. The van der Waals surface area contributed by atoms with E-state index in [0.717, 1.165) is 11.1 Å². The van der Waals surface area contributed by atoms with E-state index in [4.69, 9.17) is 4.52 Å². The molecule has 0 aliphatic heterocycles. The quantitative estimate of drug-likeness (QED) is 0.692. The molecule has 8 heteroatoms. The predicted octanol–water partition coefficient (Wildman–Crippen LogP) is 3.03. The van der Waals surface area contributed by atoms with Gasteiger partial charge in [-0.05, 0) is 32.9 Å². The van der Waals surface area contributed by atoms with Gasteiger partial charge in [-0.1, -0.05) is 28.9 Å². The normalized spacial score (nSPS) is 12.0. The average Bonchev–Trinajstić information content (AvgIpc) is 3.34. The van der Waals surface area contributed by atoms with Crippen LogP contribution >= 0.6 is 0 Å². The van der Waals surface area contributed by atoms with E-state index in [1.165, 1.54) is 0 Å². The van der Waals surface area contributed by atoms with E-state index in [9.17, 15) is 4.79 Å². The Morgan fingerprint density at radius 2 is 2.22 bits per heavy atom. The monoisotopic (exact) mass is 368 g/mol. The van der Waals surface area contributed by atoms with Crippen LogP contribution in [0.1, 0.15) is 31.3 Å². The van der Waals surface area contributed by atoms with Crippen LogP contribution in [-0.4, -0.2) is 43.9 Å². The third-order valence-electron chi connectivity index (χ3n) is 4.26. The number of hydrogen-bond donors (Lipinski definition) is 1. The van der Waals surface area contributed by atoms with E-state index in [2.05, 4.69) is 20.6 Å². The first-order valence-electron chi connectivity index (χ1n) is 9.00. The molecule has 0 unspecified atom stereocenters. The summed E-state index contributed by atoms with van der Waals surface area (Å²) in [5.74, 6) is 0.892. The molecule has 0 saturated carbocycles. The van der Waals surface area contributed by atoms with Crippen molar-refractivity contribution < 1.29 is 9.32 Å². The predicted molar refractivity (Wildman–Crippen MR) is 101 cm³/mol. The van der Waals surface area contributed by atoms with Crippen molar-refractivity contribution >= 4 is 6.03 Å². The van der Waals surface area contributed by atoms with Gasteiger partial charge < -0.3 is 14.7 Å². The number of aromatic nitrogens is 4. The molecule has 3 rings (SSSR count). The molecule has 2 amide bonds. The molecule has 0 aliphatic carbocycles. The zero-order chi connectivity index (χ0) is 19.2. The summed E-state index contributed by atoms with van der Waals surface area (Å²) in [6, 6.07) is 9.18. The van der Waals surface area contributed by atoms with Crippen LogP contribution in [0, 0.1) is 6.92 Å². The molecule has 8 nitrogen and oxygen atoms in total. The van der Waals surface area contributed by atoms with E-state index >= 15 is 0 Å². The summed E-state index contributed by atoms with van der Waals surface area (Å²) in [5.41, 5.74) is 2.01. The average molecular weight is 368 g/mol. The highest BCUT2D eigenvalue weighted by Crippen LogP contribution is 2.19. The fraction of sp³-hybridized carbons (Fsp3) is 0.368. The maximum atomic E-state index is 12.5. The first kappa shape index (κ1) is 18.6. The van der Waals surface area contributed by atoms with Gasteiger partial charge >= 0.3 is 6.03 Å². The lowest BCUT2D eigenvalue weighted by Gasteiger charge is -2.22. The summed E-state index contributed by atoms with van der Waals surface area (Å²) in [6.07, 6.45) is 3.60. The fourth-order valence-electron chi connectivity index (χ4n) is 2.71. The van der Waals surface area contributed by atoms with Gasteiger partial charge in [0.1, 0.15) is 6.04 Å². The minimum absolute atomic E-state index is 0.174. The van der Waals surface area contributed by atoms with E-state index < -0.39 is 0 Å². The summed E-state index contributed by atoms with van der Waals surface area (Å²) in [4.78, 5) is 18.7. The van der Waals surface area contributed by atoms with Crippen LogP contribution in [0.4, 0.5) is 4.79 Å². The van der Waals surface area contributed by atoms with E-state index in [1.807, 2.05) is 57.3 Å². The molecule has 2 heterocycles. The number of hydrogen-bond acceptors (Lipinski definition) is 5. The van der Waals surface area contributed by atoms with Crippen molar-refractivity contribution in [2.24, 2.45) is 0 Å². The smallest absolute Gasteiger partial charge is 0.318 e. The molecule has 0 fully saturated rings. The van der Waals surface area contributed by atoms with Crippen molar-refractivity contribution in [3.63, 3.8) is 0 Å². The molecular formula is C19H24N6O2. The summed E-state index contributed by atoms with van der Waals surface area (Å²) < 4.78 is 7.14. The lowest BCUT2D eigenvalue weighted by atomic mass is 10.1. The first-order valence-corrected chi connectivity index (χ1v) is 9.00. The summed E-state index contributed by atoms with van der Waals surface area (Å²) in [7, 11) is 0. The lowest BCUT2D eigenvalue weighted by molar-refractivity contribution is 0.191. The third-order valence-corrected chi connectivity index (χ3v) is 4.26. The van der Waals surface area contributed by atoms with Crippen molar-refractivity contribution in [3.8, 4) is 11.4 Å². The van der Waals surface area contributed by atoms with Gasteiger partial charge in [0, 0.05) is 31.0 Å². The maximum Gasteiger partial charge on any atom is 0.318 e. The molecule has 3 aromatic rings. The molecule has 0 saturated heterocycles. The number of rotatable bonds is 7. The van der Waals surface area contributed by atoms with Crippen molar-refractivity contribution in [3.05, 3.63) is 54.2 Å². The molecule has 2 aromatic heterocycles. The van der Waals surface area contributed by atoms with Crippen LogP contribution < -0.4 is 5.32 Å². The van der Waals surface area contributed by atoms with E-state index in [-0.39, 0.29) is 12.1 Å². The molecule has 1 N–H and O–H groups in total. The number of aryl methyl sites for hydroxylation is 1. The van der Waals surface area contributed by atoms with Gasteiger partial charge in [0.25, 0.3) is 0 Å². The lowest BCUT2D eigenvalue weighted by Crippen LogP contribution is -2.42. The molecule has 0 radical (unpaired) electrons. The van der Waals surface area contributed by atoms with Crippen molar-refractivity contribution in [1.82, 2.24) is 30.1 Å². The molecule has 1 atom stereocenters.